The van der Waals surface area contributed by atoms with E-state index in [1.54, 1.807) is 0 Å². The molecule has 1 atom stereocenters. The molecule has 5 nitrogen and oxygen atoms in total. The van der Waals surface area contributed by atoms with Crippen molar-refractivity contribution in [3.63, 3.8) is 0 Å². The van der Waals surface area contributed by atoms with Crippen molar-refractivity contribution < 1.29 is 18.3 Å². The zero-order valence-electron chi connectivity index (χ0n) is 10.3. The molecular weight excluding hydrogens is 242 g/mol. The Balaban J connectivity index is 2.49. The summed E-state index contributed by atoms with van der Waals surface area (Å²) in [4.78, 5) is 13.0. The Bertz CT molecular complexity index is 352. The molecule has 1 saturated heterocycles. The number of aliphatic carboxylic acids is 1. The van der Waals surface area contributed by atoms with Crippen LogP contribution in [0.15, 0.2) is 0 Å². The van der Waals surface area contributed by atoms with Gasteiger partial charge in [-0.2, -0.15) is 0 Å². The molecule has 1 aliphatic rings. The Morgan fingerprint density at radius 1 is 1.35 bits per heavy atom. The van der Waals surface area contributed by atoms with Crippen LogP contribution in [0.4, 0.5) is 0 Å². The first-order valence-corrected chi connectivity index (χ1v) is 8.11. The Kier molecular flexibility index (Phi) is 5.39. The van der Waals surface area contributed by atoms with Crippen LogP contribution in [0.1, 0.15) is 32.1 Å². The lowest BCUT2D eigenvalue weighted by atomic mass is 10.1. The van der Waals surface area contributed by atoms with Gasteiger partial charge < -0.3 is 5.11 Å². The van der Waals surface area contributed by atoms with Crippen molar-refractivity contribution >= 4 is 15.8 Å². The van der Waals surface area contributed by atoms with E-state index in [0.717, 1.165) is 25.8 Å². The Labute approximate surface area is 103 Å². The summed E-state index contributed by atoms with van der Waals surface area (Å²) in [7, 11) is -2.95. The SMILES string of the molecule is CS(=O)(=O)CCCN1CCCCCC1C(=O)O. The molecule has 0 saturated carbocycles. The minimum atomic E-state index is -2.95. The maximum atomic E-state index is 11.1. The fraction of sp³-hybridized carbons (Fsp3) is 0.909. The Morgan fingerprint density at radius 2 is 2.06 bits per heavy atom. The van der Waals surface area contributed by atoms with Gasteiger partial charge in [0.2, 0.25) is 0 Å². The smallest absolute Gasteiger partial charge is 0.320 e. The van der Waals surface area contributed by atoms with Gasteiger partial charge in [-0.05, 0) is 32.4 Å². The van der Waals surface area contributed by atoms with Crippen LogP contribution in [0.25, 0.3) is 0 Å². The third-order valence-electron chi connectivity index (χ3n) is 3.11. The first-order chi connectivity index (χ1) is 7.90. The van der Waals surface area contributed by atoms with Gasteiger partial charge in [0.15, 0.2) is 0 Å². The predicted octanol–water partition coefficient (Wildman–Crippen LogP) is 0.750. The number of carbonyl (C=O) groups is 1. The predicted molar refractivity (Wildman–Crippen MR) is 65.8 cm³/mol. The standard InChI is InChI=1S/C11H21NO4S/c1-17(15,16)9-5-8-12-7-4-2-3-6-10(12)11(13)14/h10H,2-9H2,1H3,(H,13,14). The Morgan fingerprint density at radius 3 is 2.65 bits per heavy atom. The third-order valence-corrected chi connectivity index (χ3v) is 4.14. The molecule has 1 N–H and O–H groups in total. The molecule has 17 heavy (non-hydrogen) atoms. The molecule has 100 valence electrons. The summed E-state index contributed by atoms with van der Waals surface area (Å²) in [5, 5.41) is 9.13. The van der Waals surface area contributed by atoms with Crippen LogP contribution in [0.2, 0.25) is 0 Å². The van der Waals surface area contributed by atoms with Gasteiger partial charge in [-0.1, -0.05) is 12.8 Å². The highest BCUT2D eigenvalue weighted by Gasteiger charge is 2.26. The monoisotopic (exact) mass is 263 g/mol. The van der Waals surface area contributed by atoms with Crippen molar-refractivity contribution in [2.24, 2.45) is 0 Å². The lowest BCUT2D eigenvalue weighted by Gasteiger charge is -2.26. The summed E-state index contributed by atoms with van der Waals surface area (Å²) in [6.45, 7) is 1.32. The van der Waals surface area contributed by atoms with Gasteiger partial charge in [0.05, 0.1) is 5.75 Å². The molecule has 1 heterocycles. The number of hydrogen-bond donors (Lipinski definition) is 1. The van der Waals surface area contributed by atoms with Crippen LogP contribution in [-0.2, 0) is 14.6 Å². The molecule has 0 aliphatic carbocycles. The Hall–Kier alpha value is -0.620. The number of carboxylic acids is 1. The minimum absolute atomic E-state index is 0.135. The summed E-state index contributed by atoms with van der Waals surface area (Å²) in [5.74, 6) is -0.651. The van der Waals surface area contributed by atoms with Crippen molar-refractivity contribution in [3.8, 4) is 0 Å². The molecule has 6 heteroatoms. The molecule has 0 bridgehead atoms. The average molecular weight is 263 g/mol. The van der Waals surface area contributed by atoms with E-state index in [-0.39, 0.29) is 5.75 Å². The quantitative estimate of drug-likeness (QED) is 0.792. The number of carboxylic acid groups (broad SMARTS) is 1. The van der Waals surface area contributed by atoms with Crippen molar-refractivity contribution in [3.05, 3.63) is 0 Å². The second-order valence-electron chi connectivity index (χ2n) is 4.72. The van der Waals surface area contributed by atoms with E-state index in [0.29, 0.717) is 19.4 Å². The fourth-order valence-electron chi connectivity index (χ4n) is 2.24. The van der Waals surface area contributed by atoms with E-state index in [9.17, 15) is 13.2 Å². The maximum absolute atomic E-state index is 11.1. The summed E-state index contributed by atoms with van der Waals surface area (Å²) in [6, 6.07) is -0.433. The zero-order valence-corrected chi connectivity index (χ0v) is 11.1. The second kappa shape index (κ2) is 6.35. The molecule has 1 unspecified atom stereocenters. The van der Waals surface area contributed by atoms with E-state index in [1.807, 2.05) is 4.90 Å². The van der Waals surface area contributed by atoms with Gasteiger partial charge in [-0.3, -0.25) is 9.69 Å². The first-order valence-electron chi connectivity index (χ1n) is 6.05. The van der Waals surface area contributed by atoms with E-state index >= 15 is 0 Å². The molecule has 0 aromatic carbocycles. The highest BCUT2D eigenvalue weighted by molar-refractivity contribution is 7.90. The topological polar surface area (TPSA) is 74.7 Å². The lowest BCUT2D eigenvalue weighted by molar-refractivity contribution is -0.143. The van der Waals surface area contributed by atoms with Crippen LogP contribution in [0.3, 0.4) is 0 Å². The van der Waals surface area contributed by atoms with E-state index < -0.39 is 21.8 Å². The molecule has 0 radical (unpaired) electrons. The van der Waals surface area contributed by atoms with Gasteiger partial charge in [0.1, 0.15) is 15.9 Å². The van der Waals surface area contributed by atoms with Gasteiger partial charge in [-0.15, -0.1) is 0 Å². The summed E-state index contributed by atoms with van der Waals surface area (Å²) in [6.07, 6.45) is 5.41. The summed E-state index contributed by atoms with van der Waals surface area (Å²) >= 11 is 0. The van der Waals surface area contributed by atoms with Gasteiger partial charge in [0, 0.05) is 6.26 Å². The molecule has 1 fully saturated rings. The van der Waals surface area contributed by atoms with E-state index in [4.69, 9.17) is 5.11 Å². The largest absolute Gasteiger partial charge is 0.480 e. The summed E-state index contributed by atoms with van der Waals surface area (Å²) < 4.78 is 22.0. The van der Waals surface area contributed by atoms with Crippen LogP contribution >= 0.6 is 0 Å². The highest BCUT2D eigenvalue weighted by atomic mass is 32.2. The molecule has 1 aliphatic heterocycles. The molecule has 0 amide bonds. The average Bonchev–Trinajstić information content (AvgIpc) is 2.41. The maximum Gasteiger partial charge on any atom is 0.320 e. The van der Waals surface area contributed by atoms with Crippen molar-refractivity contribution in [1.29, 1.82) is 0 Å². The molecular formula is C11H21NO4S. The molecule has 0 aromatic rings. The first kappa shape index (κ1) is 14.4. The van der Waals surface area contributed by atoms with Crippen LogP contribution < -0.4 is 0 Å². The zero-order chi connectivity index (χ0) is 12.9. The number of rotatable bonds is 5. The van der Waals surface area contributed by atoms with Crippen molar-refractivity contribution in [1.82, 2.24) is 4.90 Å². The number of likely N-dealkylation sites (tertiary alicyclic amines) is 1. The third kappa shape index (κ3) is 5.50. The number of sulfone groups is 1. The molecule has 1 rings (SSSR count). The normalized spacial score (nSPS) is 23.2. The number of nitrogens with zero attached hydrogens (tertiary/aromatic N) is 1. The van der Waals surface area contributed by atoms with Crippen molar-refractivity contribution in [2.45, 2.75) is 38.1 Å². The van der Waals surface area contributed by atoms with Gasteiger partial charge in [0.25, 0.3) is 0 Å². The van der Waals surface area contributed by atoms with Crippen LogP contribution in [0, 0.1) is 0 Å². The van der Waals surface area contributed by atoms with Crippen LogP contribution in [-0.4, -0.2) is 55.5 Å². The molecule has 0 spiro atoms. The van der Waals surface area contributed by atoms with E-state index in [2.05, 4.69) is 0 Å². The van der Waals surface area contributed by atoms with Crippen molar-refractivity contribution in [2.75, 3.05) is 25.1 Å². The number of hydrogen-bond acceptors (Lipinski definition) is 4. The minimum Gasteiger partial charge on any atom is -0.480 e. The molecule has 0 aromatic heterocycles. The fourth-order valence-corrected chi connectivity index (χ4v) is 2.90. The van der Waals surface area contributed by atoms with Gasteiger partial charge >= 0.3 is 5.97 Å². The van der Waals surface area contributed by atoms with E-state index in [1.165, 1.54) is 6.26 Å². The lowest BCUT2D eigenvalue weighted by Crippen LogP contribution is -2.41. The van der Waals surface area contributed by atoms with Gasteiger partial charge in [-0.25, -0.2) is 8.42 Å². The summed E-state index contributed by atoms with van der Waals surface area (Å²) in [5.41, 5.74) is 0. The highest BCUT2D eigenvalue weighted by Crippen LogP contribution is 2.17. The second-order valence-corrected chi connectivity index (χ2v) is 6.98. The van der Waals surface area contributed by atoms with Crippen LogP contribution in [0.5, 0.6) is 0 Å².